The van der Waals surface area contributed by atoms with Crippen molar-refractivity contribution in [2.75, 3.05) is 20.2 Å². The number of aryl methyl sites for hydroxylation is 1. The molecule has 1 aliphatic heterocycles. The topological polar surface area (TPSA) is 64.3 Å². The molecule has 2 aromatic heterocycles. The lowest BCUT2D eigenvalue weighted by atomic mass is 9.95. The Balaban J connectivity index is 1.64. The molecule has 7 heteroatoms. The summed E-state index contributed by atoms with van der Waals surface area (Å²) in [5.41, 5.74) is 0. The van der Waals surface area contributed by atoms with E-state index in [9.17, 15) is 0 Å². The van der Waals surface area contributed by atoms with Gasteiger partial charge in [-0.25, -0.2) is 0 Å². The molecule has 1 fully saturated rings. The van der Waals surface area contributed by atoms with E-state index in [0.29, 0.717) is 6.61 Å². The highest BCUT2D eigenvalue weighted by Crippen LogP contribution is 2.20. The molecular weight excluding hydrogens is 262 g/mol. The molecular formula is C12H19N5OS. The minimum absolute atomic E-state index is 0.455. The maximum Gasteiger partial charge on any atom is 0.234 e. The first-order valence-electron chi connectivity index (χ1n) is 6.76. The van der Waals surface area contributed by atoms with Crippen molar-refractivity contribution in [3.63, 3.8) is 0 Å². The van der Waals surface area contributed by atoms with Crippen LogP contribution in [0.15, 0.2) is 0 Å². The lowest BCUT2D eigenvalue weighted by molar-refractivity contribution is 0.176. The number of nitrogens with one attached hydrogen (secondary N) is 1. The minimum Gasteiger partial charge on any atom is -0.377 e. The third-order valence-electron chi connectivity index (χ3n) is 3.54. The second-order valence-electron chi connectivity index (χ2n) is 4.99. The highest BCUT2D eigenvalue weighted by molar-refractivity contribution is 7.16. The Bertz CT molecular complexity index is 531. The first-order chi connectivity index (χ1) is 9.36. The van der Waals surface area contributed by atoms with Gasteiger partial charge in [0.2, 0.25) is 4.96 Å². The zero-order valence-electron chi connectivity index (χ0n) is 11.1. The number of piperidine rings is 1. The number of hydrogen-bond acceptors (Lipinski definition) is 6. The van der Waals surface area contributed by atoms with Crippen molar-refractivity contribution in [2.45, 2.75) is 32.3 Å². The number of hydrogen-bond donors (Lipinski definition) is 1. The number of methoxy groups -OCH3 is 1. The fourth-order valence-corrected chi connectivity index (χ4v) is 3.38. The van der Waals surface area contributed by atoms with Crippen LogP contribution >= 0.6 is 11.3 Å². The molecule has 3 rings (SSSR count). The van der Waals surface area contributed by atoms with Gasteiger partial charge in [0.1, 0.15) is 11.6 Å². The van der Waals surface area contributed by atoms with Crippen molar-refractivity contribution >= 4 is 16.3 Å². The molecule has 3 heterocycles. The summed E-state index contributed by atoms with van der Waals surface area (Å²) in [6.07, 6.45) is 4.88. The van der Waals surface area contributed by atoms with E-state index >= 15 is 0 Å². The summed E-state index contributed by atoms with van der Waals surface area (Å²) >= 11 is 1.63. The molecule has 2 aromatic rings. The summed E-state index contributed by atoms with van der Waals surface area (Å²) in [5, 5.41) is 17.4. The van der Waals surface area contributed by atoms with Crippen LogP contribution in [0.5, 0.6) is 0 Å². The summed E-state index contributed by atoms with van der Waals surface area (Å²) in [6, 6.07) is 0. The molecule has 0 spiro atoms. The van der Waals surface area contributed by atoms with Gasteiger partial charge in [0, 0.05) is 13.5 Å². The van der Waals surface area contributed by atoms with Crippen molar-refractivity contribution in [1.82, 2.24) is 25.1 Å². The third kappa shape index (κ3) is 2.93. The molecule has 1 atom stereocenters. The number of aromatic nitrogens is 4. The standard InChI is InChI=1S/C12H19N5OS/c1-18-8-10-14-15-12-17(10)16-11(19-12)5-4-9-3-2-6-13-7-9/h9,13H,2-8H2,1H3. The van der Waals surface area contributed by atoms with E-state index in [1.54, 1.807) is 18.4 Å². The van der Waals surface area contributed by atoms with Gasteiger partial charge in [-0.15, -0.1) is 10.2 Å². The molecule has 1 unspecified atom stereocenters. The Morgan fingerprint density at radius 3 is 3.21 bits per heavy atom. The Morgan fingerprint density at radius 1 is 1.47 bits per heavy atom. The summed E-state index contributed by atoms with van der Waals surface area (Å²) in [5.74, 6) is 1.57. The summed E-state index contributed by atoms with van der Waals surface area (Å²) in [7, 11) is 1.66. The highest BCUT2D eigenvalue weighted by atomic mass is 32.1. The molecule has 0 aliphatic carbocycles. The Hall–Kier alpha value is -1.05. The predicted molar refractivity (Wildman–Crippen MR) is 73.3 cm³/mol. The number of rotatable bonds is 5. The van der Waals surface area contributed by atoms with Crippen LogP contribution in [0.2, 0.25) is 0 Å². The Kier molecular flexibility index (Phi) is 4.05. The lowest BCUT2D eigenvalue weighted by Crippen LogP contribution is -2.29. The quantitative estimate of drug-likeness (QED) is 0.894. The number of fused-ring (bicyclic) bond motifs is 1. The Labute approximate surface area is 116 Å². The van der Waals surface area contributed by atoms with E-state index in [-0.39, 0.29) is 0 Å². The van der Waals surface area contributed by atoms with Gasteiger partial charge in [-0.3, -0.25) is 0 Å². The van der Waals surface area contributed by atoms with Gasteiger partial charge in [-0.2, -0.15) is 9.61 Å². The van der Waals surface area contributed by atoms with E-state index < -0.39 is 0 Å². The van der Waals surface area contributed by atoms with Crippen LogP contribution in [0.1, 0.15) is 30.1 Å². The van der Waals surface area contributed by atoms with Gasteiger partial charge in [-0.05, 0) is 38.3 Å². The predicted octanol–water partition coefficient (Wildman–Crippen LogP) is 1.26. The van der Waals surface area contributed by atoms with Crippen molar-refractivity contribution < 1.29 is 4.74 Å². The SMILES string of the molecule is COCc1nnc2sc(CCC3CCCNC3)nn12. The van der Waals surface area contributed by atoms with E-state index in [4.69, 9.17) is 4.74 Å². The molecule has 0 saturated carbocycles. The molecule has 19 heavy (non-hydrogen) atoms. The van der Waals surface area contributed by atoms with E-state index in [1.807, 2.05) is 4.52 Å². The fraction of sp³-hybridized carbons (Fsp3) is 0.750. The third-order valence-corrected chi connectivity index (χ3v) is 4.49. The highest BCUT2D eigenvalue weighted by Gasteiger charge is 2.15. The van der Waals surface area contributed by atoms with Gasteiger partial charge in [0.05, 0.1) is 0 Å². The smallest absolute Gasteiger partial charge is 0.234 e. The van der Waals surface area contributed by atoms with Crippen LogP contribution < -0.4 is 5.32 Å². The van der Waals surface area contributed by atoms with Crippen LogP contribution in [-0.2, 0) is 17.8 Å². The van der Waals surface area contributed by atoms with Crippen LogP contribution in [0, 0.1) is 5.92 Å². The van der Waals surface area contributed by atoms with Gasteiger partial charge >= 0.3 is 0 Å². The molecule has 6 nitrogen and oxygen atoms in total. The van der Waals surface area contributed by atoms with Crippen LogP contribution in [0.4, 0.5) is 0 Å². The molecule has 0 radical (unpaired) electrons. The molecule has 0 amide bonds. The van der Waals surface area contributed by atoms with Crippen LogP contribution in [-0.4, -0.2) is 40.0 Å². The zero-order chi connectivity index (χ0) is 13.1. The van der Waals surface area contributed by atoms with Gasteiger partial charge in [-0.1, -0.05) is 11.3 Å². The molecule has 0 aromatic carbocycles. The van der Waals surface area contributed by atoms with Crippen molar-refractivity contribution in [3.05, 3.63) is 10.8 Å². The molecule has 1 saturated heterocycles. The van der Waals surface area contributed by atoms with E-state index in [2.05, 4.69) is 20.6 Å². The Morgan fingerprint density at radius 2 is 2.42 bits per heavy atom. The van der Waals surface area contributed by atoms with Crippen molar-refractivity contribution in [2.24, 2.45) is 5.92 Å². The van der Waals surface area contributed by atoms with Crippen LogP contribution in [0.3, 0.4) is 0 Å². The van der Waals surface area contributed by atoms with E-state index in [0.717, 1.165) is 34.7 Å². The fourth-order valence-electron chi connectivity index (χ4n) is 2.52. The summed E-state index contributed by atoms with van der Waals surface area (Å²) in [4.78, 5) is 0.865. The van der Waals surface area contributed by atoms with Gasteiger partial charge in [0.25, 0.3) is 0 Å². The maximum atomic E-state index is 5.09. The molecule has 104 valence electrons. The second-order valence-corrected chi connectivity index (χ2v) is 6.03. The van der Waals surface area contributed by atoms with E-state index in [1.165, 1.54) is 25.8 Å². The first kappa shape index (κ1) is 13.0. The number of nitrogens with zero attached hydrogens (tertiary/aromatic N) is 4. The number of ether oxygens (including phenoxy) is 1. The first-order valence-corrected chi connectivity index (χ1v) is 7.58. The molecule has 1 aliphatic rings. The molecule has 1 N–H and O–H groups in total. The average molecular weight is 281 g/mol. The zero-order valence-corrected chi connectivity index (χ0v) is 11.9. The average Bonchev–Trinajstić information content (AvgIpc) is 3.00. The maximum absolute atomic E-state index is 5.09. The van der Waals surface area contributed by atoms with Crippen LogP contribution in [0.25, 0.3) is 4.96 Å². The summed E-state index contributed by atoms with van der Waals surface area (Å²) < 4.78 is 6.90. The second kappa shape index (κ2) is 5.94. The van der Waals surface area contributed by atoms with Gasteiger partial charge in [0.15, 0.2) is 5.82 Å². The monoisotopic (exact) mass is 281 g/mol. The normalized spacial score (nSPS) is 20.2. The van der Waals surface area contributed by atoms with Gasteiger partial charge < -0.3 is 10.1 Å². The summed E-state index contributed by atoms with van der Waals surface area (Å²) in [6.45, 7) is 2.78. The minimum atomic E-state index is 0.455. The van der Waals surface area contributed by atoms with Crippen molar-refractivity contribution in [3.8, 4) is 0 Å². The molecule has 0 bridgehead atoms. The largest absolute Gasteiger partial charge is 0.377 e. The van der Waals surface area contributed by atoms with Crippen molar-refractivity contribution in [1.29, 1.82) is 0 Å². The lowest BCUT2D eigenvalue weighted by Gasteiger charge is -2.21.